The molecule has 2 unspecified atom stereocenters. The monoisotopic (exact) mass is 218 g/mol. The van der Waals surface area contributed by atoms with Gasteiger partial charge in [0.2, 0.25) is 0 Å². The molecule has 88 valence electrons. The molecule has 0 saturated heterocycles. The Bertz CT molecular complexity index is 337. The minimum Gasteiger partial charge on any atom is -0.508 e. The lowest BCUT2D eigenvalue weighted by Crippen LogP contribution is -2.22. The topological polar surface area (TPSA) is 20.2 Å². The normalized spacial score (nSPS) is 29.5. The van der Waals surface area contributed by atoms with E-state index in [0.717, 1.165) is 5.92 Å². The first kappa shape index (κ1) is 11.5. The van der Waals surface area contributed by atoms with Crippen molar-refractivity contribution in [3.8, 4) is 5.75 Å². The summed E-state index contributed by atoms with van der Waals surface area (Å²) in [5.74, 6) is 1.22. The van der Waals surface area contributed by atoms with E-state index in [9.17, 15) is 5.11 Å². The molecule has 1 saturated carbocycles. The number of phenols is 1. The molecule has 1 aliphatic rings. The van der Waals surface area contributed by atoms with Crippen LogP contribution in [-0.4, -0.2) is 5.11 Å². The van der Waals surface area contributed by atoms with Crippen molar-refractivity contribution in [2.75, 3.05) is 0 Å². The second kappa shape index (κ2) is 4.48. The minimum absolute atomic E-state index is 0.376. The van der Waals surface area contributed by atoms with Crippen molar-refractivity contribution in [3.63, 3.8) is 0 Å². The maximum Gasteiger partial charge on any atom is 0.115 e. The highest BCUT2D eigenvalue weighted by Gasteiger charge is 2.37. The van der Waals surface area contributed by atoms with Gasteiger partial charge in [-0.05, 0) is 54.7 Å². The van der Waals surface area contributed by atoms with Crippen LogP contribution in [0.5, 0.6) is 5.75 Å². The van der Waals surface area contributed by atoms with Gasteiger partial charge < -0.3 is 5.11 Å². The second-order valence-electron chi connectivity index (χ2n) is 5.43. The fraction of sp³-hybridized carbons (Fsp3) is 0.600. The summed E-state index contributed by atoms with van der Waals surface area (Å²) in [7, 11) is 0. The van der Waals surface area contributed by atoms with Gasteiger partial charge in [-0.2, -0.15) is 0 Å². The summed E-state index contributed by atoms with van der Waals surface area (Å²) < 4.78 is 0. The van der Waals surface area contributed by atoms with E-state index in [1.165, 1.54) is 37.7 Å². The number of rotatable bonds is 3. The highest BCUT2D eigenvalue weighted by Crippen LogP contribution is 2.47. The number of aromatic hydroxyl groups is 1. The molecular weight excluding hydrogens is 196 g/mol. The van der Waals surface area contributed by atoms with Gasteiger partial charge in [0, 0.05) is 0 Å². The van der Waals surface area contributed by atoms with Crippen molar-refractivity contribution in [1.29, 1.82) is 0 Å². The van der Waals surface area contributed by atoms with E-state index in [1.807, 2.05) is 12.1 Å². The highest BCUT2D eigenvalue weighted by molar-refractivity contribution is 5.32. The van der Waals surface area contributed by atoms with Crippen molar-refractivity contribution in [2.45, 2.75) is 51.4 Å². The first-order chi connectivity index (χ1) is 7.66. The maximum atomic E-state index is 9.37. The Morgan fingerprint density at radius 3 is 2.50 bits per heavy atom. The molecule has 1 N–H and O–H groups in total. The largest absolute Gasteiger partial charge is 0.508 e. The van der Waals surface area contributed by atoms with Crippen LogP contribution in [-0.2, 0) is 5.41 Å². The van der Waals surface area contributed by atoms with Gasteiger partial charge in [0.1, 0.15) is 5.75 Å². The fourth-order valence-electron chi connectivity index (χ4n) is 3.32. The molecule has 0 aromatic heterocycles. The predicted molar refractivity (Wildman–Crippen MR) is 67.7 cm³/mol. The van der Waals surface area contributed by atoms with Gasteiger partial charge in [-0.15, -0.1) is 0 Å². The van der Waals surface area contributed by atoms with E-state index in [-0.39, 0.29) is 0 Å². The Morgan fingerprint density at radius 2 is 2.00 bits per heavy atom. The Kier molecular flexibility index (Phi) is 3.22. The summed E-state index contributed by atoms with van der Waals surface area (Å²) in [6.45, 7) is 4.63. The quantitative estimate of drug-likeness (QED) is 0.804. The molecule has 0 spiro atoms. The summed E-state index contributed by atoms with van der Waals surface area (Å²) in [6.07, 6.45) is 6.50. The molecule has 1 aromatic carbocycles. The third kappa shape index (κ3) is 2.09. The van der Waals surface area contributed by atoms with E-state index in [4.69, 9.17) is 0 Å². The summed E-state index contributed by atoms with van der Waals surface area (Å²) in [6, 6.07) is 7.89. The average molecular weight is 218 g/mol. The van der Waals surface area contributed by atoms with Gasteiger partial charge in [0.05, 0.1) is 0 Å². The number of benzene rings is 1. The van der Waals surface area contributed by atoms with E-state index in [0.29, 0.717) is 11.2 Å². The third-order valence-electron chi connectivity index (χ3n) is 4.06. The first-order valence-electron chi connectivity index (χ1n) is 6.46. The van der Waals surface area contributed by atoms with Crippen LogP contribution in [0.3, 0.4) is 0 Å². The number of phenolic OH excluding ortho intramolecular Hbond substituents is 1. The van der Waals surface area contributed by atoms with Gasteiger partial charge in [-0.25, -0.2) is 0 Å². The molecule has 0 aliphatic heterocycles. The van der Waals surface area contributed by atoms with Gasteiger partial charge in [0.25, 0.3) is 0 Å². The molecule has 1 fully saturated rings. The molecule has 0 bridgehead atoms. The van der Waals surface area contributed by atoms with Gasteiger partial charge in [0.15, 0.2) is 0 Å². The van der Waals surface area contributed by atoms with Crippen LogP contribution in [0.4, 0.5) is 0 Å². The maximum absolute atomic E-state index is 9.37. The van der Waals surface area contributed by atoms with Crippen molar-refractivity contribution in [1.82, 2.24) is 0 Å². The zero-order valence-corrected chi connectivity index (χ0v) is 10.4. The van der Waals surface area contributed by atoms with E-state index in [2.05, 4.69) is 26.0 Å². The van der Waals surface area contributed by atoms with Gasteiger partial charge >= 0.3 is 0 Å². The predicted octanol–water partition coefficient (Wildman–Crippen LogP) is 4.25. The van der Waals surface area contributed by atoms with Crippen molar-refractivity contribution in [2.24, 2.45) is 5.92 Å². The molecule has 1 aliphatic carbocycles. The van der Waals surface area contributed by atoms with Crippen LogP contribution in [0.25, 0.3) is 0 Å². The molecule has 1 aromatic rings. The van der Waals surface area contributed by atoms with E-state index in [1.54, 1.807) is 0 Å². The molecule has 2 rings (SSSR count). The lowest BCUT2D eigenvalue weighted by atomic mass is 9.75. The molecule has 2 atom stereocenters. The Hall–Kier alpha value is -0.980. The zero-order chi connectivity index (χ0) is 11.6. The molecular formula is C15H22O. The molecule has 0 amide bonds. The Labute approximate surface area is 98.5 Å². The lowest BCUT2D eigenvalue weighted by Gasteiger charge is -2.30. The van der Waals surface area contributed by atoms with Crippen LogP contribution in [0.15, 0.2) is 24.3 Å². The van der Waals surface area contributed by atoms with E-state index >= 15 is 0 Å². The second-order valence-corrected chi connectivity index (χ2v) is 5.43. The average Bonchev–Trinajstić information content (AvgIpc) is 2.63. The Morgan fingerprint density at radius 1 is 1.31 bits per heavy atom. The molecule has 16 heavy (non-hydrogen) atoms. The summed E-state index contributed by atoms with van der Waals surface area (Å²) in [4.78, 5) is 0. The lowest BCUT2D eigenvalue weighted by molar-refractivity contribution is 0.385. The van der Waals surface area contributed by atoms with Crippen LogP contribution >= 0.6 is 0 Å². The van der Waals surface area contributed by atoms with Crippen molar-refractivity contribution < 1.29 is 5.11 Å². The van der Waals surface area contributed by atoms with Crippen LogP contribution < -0.4 is 0 Å². The van der Waals surface area contributed by atoms with Crippen LogP contribution in [0.2, 0.25) is 0 Å². The summed E-state index contributed by atoms with van der Waals surface area (Å²) >= 11 is 0. The van der Waals surface area contributed by atoms with Crippen LogP contribution in [0.1, 0.15) is 51.5 Å². The Balaban J connectivity index is 2.28. The molecule has 0 radical (unpaired) electrons. The van der Waals surface area contributed by atoms with Gasteiger partial charge in [-0.3, -0.25) is 0 Å². The van der Waals surface area contributed by atoms with Crippen molar-refractivity contribution >= 4 is 0 Å². The zero-order valence-electron chi connectivity index (χ0n) is 10.4. The standard InChI is InChI=1S/C15H22O/c1-3-9-15(10-8-12(2)11-15)13-4-6-14(16)7-5-13/h4-7,12,16H,3,8-11H2,1-2H3. The van der Waals surface area contributed by atoms with Crippen LogP contribution in [0, 0.1) is 5.92 Å². The first-order valence-corrected chi connectivity index (χ1v) is 6.46. The molecule has 0 heterocycles. The molecule has 1 heteroatoms. The summed E-state index contributed by atoms with van der Waals surface area (Å²) in [5.41, 5.74) is 1.82. The SMILES string of the molecule is CCCC1(c2ccc(O)cc2)CCC(C)C1. The minimum atomic E-state index is 0.376. The fourth-order valence-corrected chi connectivity index (χ4v) is 3.32. The summed E-state index contributed by atoms with van der Waals surface area (Å²) in [5, 5.41) is 9.37. The third-order valence-corrected chi connectivity index (χ3v) is 4.06. The number of hydrogen-bond acceptors (Lipinski definition) is 1. The van der Waals surface area contributed by atoms with E-state index < -0.39 is 0 Å². The smallest absolute Gasteiger partial charge is 0.115 e. The molecule has 1 nitrogen and oxygen atoms in total. The number of hydrogen-bond donors (Lipinski definition) is 1. The van der Waals surface area contributed by atoms with Crippen molar-refractivity contribution in [3.05, 3.63) is 29.8 Å². The highest BCUT2D eigenvalue weighted by atomic mass is 16.3. The van der Waals surface area contributed by atoms with Gasteiger partial charge in [-0.1, -0.05) is 32.4 Å².